The summed E-state index contributed by atoms with van der Waals surface area (Å²) < 4.78 is 5.43. The number of rotatable bonds is 3. The molecule has 1 saturated carbocycles. The van der Waals surface area contributed by atoms with Gasteiger partial charge in [0.15, 0.2) is 0 Å². The van der Waals surface area contributed by atoms with Gasteiger partial charge in [0, 0.05) is 23.8 Å². The molecule has 86 valence electrons. The van der Waals surface area contributed by atoms with Gasteiger partial charge in [0.1, 0.15) is 5.75 Å². The molecule has 3 rings (SSSR count). The summed E-state index contributed by atoms with van der Waals surface area (Å²) in [6.07, 6.45) is 3.70. The Bertz CT molecular complexity index is 399. The van der Waals surface area contributed by atoms with E-state index in [4.69, 9.17) is 4.74 Å². The zero-order valence-corrected chi connectivity index (χ0v) is 9.68. The lowest BCUT2D eigenvalue weighted by Crippen LogP contribution is -2.25. The Morgan fingerprint density at radius 1 is 1.31 bits per heavy atom. The minimum Gasteiger partial charge on any atom is -0.496 e. The third-order valence-electron chi connectivity index (χ3n) is 3.40. The van der Waals surface area contributed by atoms with Crippen molar-refractivity contribution in [2.24, 2.45) is 0 Å². The Morgan fingerprint density at radius 2 is 2.19 bits per heavy atom. The number of hydrogen-bond donors (Lipinski definition) is 2. The van der Waals surface area contributed by atoms with Crippen molar-refractivity contribution in [2.75, 3.05) is 19.0 Å². The van der Waals surface area contributed by atoms with Crippen molar-refractivity contribution in [3.63, 3.8) is 0 Å². The minimum atomic E-state index is 0.708. The molecular weight excluding hydrogens is 200 g/mol. The van der Waals surface area contributed by atoms with Crippen molar-refractivity contribution in [1.29, 1.82) is 0 Å². The van der Waals surface area contributed by atoms with E-state index < -0.39 is 0 Å². The van der Waals surface area contributed by atoms with Crippen LogP contribution in [0.15, 0.2) is 12.1 Å². The predicted molar refractivity (Wildman–Crippen MR) is 65.0 cm³/mol. The smallest absolute Gasteiger partial charge is 0.122 e. The van der Waals surface area contributed by atoms with Crippen LogP contribution in [0.3, 0.4) is 0 Å². The maximum Gasteiger partial charge on any atom is 0.122 e. The van der Waals surface area contributed by atoms with Gasteiger partial charge in [0.2, 0.25) is 0 Å². The summed E-state index contributed by atoms with van der Waals surface area (Å²) in [6.45, 7) is 2.01. The topological polar surface area (TPSA) is 33.3 Å². The van der Waals surface area contributed by atoms with Crippen LogP contribution >= 0.6 is 0 Å². The van der Waals surface area contributed by atoms with Crippen LogP contribution in [0.1, 0.15) is 24.0 Å². The van der Waals surface area contributed by atoms with E-state index in [0.717, 1.165) is 25.3 Å². The van der Waals surface area contributed by atoms with Gasteiger partial charge in [-0.3, -0.25) is 0 Å². The van der Waals surface area contributed by atoms with E-state index in [0.29, 0.717) is 6.04 Å². The summed E-state index contributed by atoms with van der Waals surface area (Å²) in [4.78, 5) is 0. The molecule has 1 aliphatic carbocycles. The van der Waals surface area contributed by atoms with E-state index in [-0.39, 0.29) is 0 Å². The molecule has 0 radical (unpaired) electrons. The van der Waals surface area contributed by atoms with Gasteiger partial charge >= 0.3 is 0 Å². The van der Waals surface area contributed by atoms with Crippen LogP contribution in [0.5, 0.6) is 5.75 Å². The van der Waals surface area contributed by atoms with Gasteiger partial charge in [0.25, 0.3) is 0 Å². The molecule has 3 heteroatoms. The molecule has 1 fully saturated rings. The van der Waals surface area contributed by atoms with Gasteiger partial charge in [-0.1, -0.05) is 0 Å². The van der Waals surface area contributed by atoms with Crippen LogP contribution in [-0.2, 0) is 13.0 Å². The molecule has 16 heavy (non-hydrogen) atoms. The van der Waals surface area contributed by atoms with E-state index in [1.54, 1.807) is 7.11 Å². The monoisotopic (exact) mass is 218 g/mol. The molecule has 3 nitrogen and oxygen atoms in total. The lowest BCUT2D eigenvalue weighted by atomic mass is 9.98. The van der Waals surface area contributed by atoms with Gasteiger partial charge in [-0.05, 0) is 43.5 Å². The van der Waals surface area contributed by atoms with Crippen LogP contribution < -0.4 is 15.4 Å². The zero-order valence-electron chi connectivity index (χ0n) is 9.68. The highest BCUT2D eigenvalue weighted by Gasteiger charge is 2.24. The largest absolute Gasteiger partial charge is 0.496 e. The maximum absolute atomic E-state index is 5.43. The second-order valence-corrected chi connectivity index (χ2v) is 4.62. The lowest BCUT2D eigenvalue weighted by Gasteiger charge is -2.23. The molecule has 0 bridgehead atoms. The predicted octanol–water partition coefficient (Wildman–Crippen LogP) is 1.92. The van der Waals surface area contributed by atoms with Crippen LogP contribution in [0.25, 0.3) is 0 Å². The van der Waals surface area contributed by atoms with E-state index in [9.17, 15) is 0 Å². The molecule has 1 aromatic carbocycles. The van der Waals surface area contributed by atoms with Gasteiger partial charge in [0.05, 0.1) is 7.11 Å². The van der Waals surface area contributed by atoms with Crippen molar-refractivity contribution in [1.82, 2.24) is 5.32 Å². The number of fused-ring (bicyclic) bond motifs is 1. The quantitative estimate of drug-likeness (QED) is 0.813. The molecule has 1 heterocycles. The molecule has 0 spiro atoms. The Kier molecular flexibility index (Phi) is 2.48. The van der Waals surface area contributed by atoms with Crippen molar-refractivity contribution < 1.29 is 4.74 Å². The highest BCUT2D eigenvalue weighted by atomic mass is 16.5. The van der Waals surface area contributed by atoms with Crippen molar-refractivity contribution >= 4 is 5.69 Å². The molecule has 2 aliphatic rings. The summed E-state index contributed by atoms with van der Waals surface area (Å²) in [5.74, 6) is 1.04. The Hall–Kier alpha value is -1.22. The SMILES string of the molecule is COc1ccc(NC2CC2)c2c1CCNC2. The fourth-order valence-corrected chi connectivity index (χ4v) is 2.35. The normalized spacial score (nSPS) is 19.1. The van der Waals surface area contributed by atoms with Gasteiger partial charge in [-0.2, -0.15) is 0 Å². The minimum absolute atomic E-state index is 0.708. The molecule has 1 aliphatic heterocycles. The van der Waals surface area contributed by atoms with Crippen molar-refractivity contribution in [2.45, 2.75) is 31.8 Å². The zero-order chi connectivity index (χ0) is 11.0. The summed E-state index contributed by atoms with van der Waals surface area (Å²) in [5, 5.41) is 7.03. The average molecular weight is 218 g/mol. The Morgan fingerprint density at radius 3 is 2.94 bits per heavy atom. The molecular formula is C13H18N2O. The lowest BCUT2D eigenvalue weighted by molar-refractivity contribution is 0.406. The fourth-order valence-electron chi connectivity index (χ4n) is 2.35. The number of hydrogen-bond acceptors (Lipinski definition) is 3. The van der Waals surface area contributed by atoms with E-state index in [1.807, 2.05) is 0 Å². The highest BCUT2D eigenvalue weighted by molar-refractivity contribution is 5.61. The summed E-state index contributed by atoms with van der Waals surface area (Å²) in [5.41, 5.74) is 4.08. The third kappa shape index (κ3) is 1.76. The molecule has 0 unspecified atom stereocenters. The molecule has 0 amide bonds. The van der Waals surface area contributed by atoms with Gasteiger partial charge in [-0.25, -0.2) is 0 Å². The first-order chi connectivity index (χ1) is 7.88. The molecule has 0 aromatic heterocycles. The van der Waals surface area contributed by atoms with Crippen LogP contribution in [-0.4, -0.2) is 19.7 Å². The van der Waals surface area contributed by atoms with E-state index in [1.165, 1.54) is 29.7 Å². The second kappa shape index (κ2) is 3.98. The van der Waals surface area contributed by atoms with Gasteiger partial charge < -0.3 is 15.4 Å². The highest BCUT2D eigenvalue weighted by Crippen LogP contribution is 2.34. The fraction of sp³-hybridized carbons (Fsp3) is 0.538. The Balaban J connectivity index is 1.98. The van der Waals surface area contributed by atoms with E-state index >= 15 is 0 Å². The maximum atomic E-state index is 5.43. The van der Waals surface area contributed by atoms with Crippen molar-refractivity contribution in [3.8, 4) is 5.75 Å². The van der Waals surface area contributed by atoms with E-state index in [2.05, 4.69) is 22.8 Å². The first kappa shape index (κ1) is 9.97. The Labute approximate surface area is 96.2 Å². The molecule has 2 N–H and O–H groups in total. The first-order valence-corrected chi connectivity index (χ1v) is 6.04. The van der Waals surface area contributed by atoms with Crippen LogP contribution in [0.4, 0.5) is 5.69 Å². The molecule has 0 atom stereocenters. The standard InChI is InChI=1S/C13H18N2O/c1-16-13-5-4-12(15-9-2-3-9)11-8-14-7-6-10(11)13/h4-5,9,14-15H,2-3,6-8H2,1H3. The first-order valence-electron chi connectivity index (χ1n) is 6.04. The summed E-state index contributed by atoms with van der Waals surface area (Å²) in [6, 6.07) is 4.96. The number of nitrogens with one attached hydrogen (secondary N) is 2. The molecule has 0 saturated heterocycles. The average Bonchev–Trinajstić information content (AvgIpc) is 3.14. The third-order valence-corrected chi connectivity index (χ3v) is 3.40. The number of benzene rings is 1. The van der Waals surface area contributed by atoms with Crippen LogP contribution in [0.2, 0.25) is 0 Å². The number of ether oxygens (including phenoxy) is 1. The van der Waals surface area contributed by atoms with Crippen LogP contribution in [0, 0.1) is 0 Å². The molecule has 1 aromatic rings. The summed E-state index contributed by atoms with van der Waals surface area (Å²) in [7, 11) is 1.76. The second-order valence-electron chi connectivity index (χ2n) is 4.62. The number of methoxy groups -OCH3 is 1. The van der Waals surface area contributed by atoms with Gasteiger partial charge in [-0.15, -0.1) is 0 Å². The van der Waals surface area contributed by atoms with Crippen molar-refractivity contribution in [3.05, 3.63) is 23.3 Å². The number of anilines is 1. The summed E-state index contributed by atoms with van der Waals surface area (Å²) >= 11 is 0.